The zero-order valence-corrected chi connectivity index (χ0v) is 7.57. The van der Waals surface area contributed by atoms with Gasteiger partial charge in [0.05, 0.1) is 6.54 Å². The van der Waals surface area contributed by atoms with Gasteiger partial charge in [-0.05, 0) is 13.8 Å². The van der Waals surface area contributed by atoms with Crippen molar-refractivity contribution in [3.05, 3.63) is 0 Å². The van der Waals surface area contributed by atoms with Crippen LogP contribution in [-0.4, -0.2) is 18.1 Å². The Labute approximate surface area is 67.2 Å². The van der Waals surface area contributed by atoms with Gasteiger partial charge in [0, 0.05) is 5.92 Å². The van der Waals surface area contributed by atoms with Crippen molar-refractivity contribution in [1.29, 1.82) is 0 Å². The lowest BCUT2D eigenvalue weighted by molar-refractivity contribution is -0.117. The molecule has 0 saturated carbocycles. The summed E-state index contributed by atoms with van der Waals surface area (Å²) in [7, 11) is 0. The summed E-state index contributed by atoms with van der Waals surface area (Å²) >= 11 is 0. The summed E-state index contributed by atoms with van der Waals surface area (Å²) < 4.78 is 13.3. The molecule has 0 aliphatic rings. The van der Waals surface area contributed by atoms with Crippen LogP contribution in [0.5, 0.6) is 0 Å². The third-order valence-electron chi connectivity index (χ3n) is 1.77. The van der Waals surface area contributed by atoms with Crippen LogP contribution in [0.25, 0.3) is 0 Å². The lowest BCUT2D eigenvalue weighted by atomic mass is 10.0. The number of ketones is 1. The quantitative estimate of drug-likeness (QED) is 0.633. The van der Waals surface area contributed by atoms with E-state index < -0.39 is 5.79 Å². The molecular weight excluding hydrogens is 145 g/mol. The van der Waals surface area contributed by atoms with Crippen molar-refractivity contribution in [2.45, 2.75) is 33.5 Å². The van der Waals surface area contributed by atoms with Crippen LogP contribution in [0.2, 0.25) is 0 Å². The second-order valence-corrected chi connectivity index (χ2v) is 3.29. The van der Waals surface area contributed by atoms with E-state index in [-0.39, 0.29) is 18.2 Å². The summed E-state index contributed by atoms with van der Waals surface area (Å²) in [5.41, 5.74) is 0. The Balaban J connectivity index is 3.82. The summed E-state index contributed by atoms with van der Waals surface area (Å²) in [6, 6.07) is 0. The number of nitrogens with one attached hydrogen (secondary N) is 1. The minimum atomic E-state index is -1.44. The van der Waals surface area contributed by atoms with Gasteiger partial charge in [-0.15, -0.1) is 0 Å². The highest BCUT2D eigenvalue weighted by Crippen LogP contribution is 2.16. The maximum atomic E-state index is 13.3. The Bertz CT molecular complexity index is 143. The maximum absolute atomic E-state index is 13.3. The van der Waals surface area contributed by atoms with Gasteiger partial charge in [-0.25, -0.2) is 4.39 Å². The summed E-state index contributed by atoms with van der Waals surface area (Å²) in [6.45, 7) is 6.52. The summed E-state index contributed by atoms with van der Waals surface area (Å²) in [4.78, 5) is 10.5. The fourth-order valence-corrected chi connectivity index (χ4v) is 0.501. The average molecular weight is 161 g/mol. The van der Waals surface area contributed by atoms with Crippen molar-refractivity contribution in [2.24, 2.45) is 5.92 Å². The van der Waals surface area contributed by atoms with E-state index in [1.807, 2.05) is 0 Å². The van der Waals surface area contributed by atoms with Gasteiger partial charge in [0.25, 0.3) is 0 Å². The van der Waals surface area contributed by atoms with Crippen LogP contribution < -0.4 is 5.32 Å². The lowest BCUT2D eigenvalue weighted by Gasteiger charge is -2.25. The monoisotopic (exact) mass is 161 g/mol. The fraction of sp³-hybridized carbons (Fsp3) is 0.875. The maximum Gasteiger partial charge on any atom is 0.161 e. The van der Waals surface area contributed by atoms with Crippen LogP contribution >= 0.6 is 0 Å². The van der Waals surface area contributed by atoms with E-state index in [1.165, 1.54) is 13.8 Å². The van der Waals surface area contributed by atoms with Crippen LogP contribution in [0.15, 0.2) is 0 Å². The van der Waals surface area contributed by atoms with Gasteiger partial charge in [0.2, 0.25) is 0 Å². The molecule has 11 heavy (non-hydrogen) atoms. The second-order valence-electron chi connectivity index (χ2n) is 3.29. The first-order chi connectivity index (χ1) is 4.86. The topological polar surface area (TPSA) is 29.1 Å². The molecule has 0 saturated heterocycles. The molecule has 1 N–H and O–H groups in total. The van der Waals surface area contributed by atoms with E-state index in [9.17, 15) is 9.18 Å². The first-order valence-electron chi connectivity index (χ1n) is 3.79. The minimum Gasteiger partial charge on any atom is -0.299 e. The van der Waals surface area contributed by atoms with Gasteiger partial charge in [0.1, 0.15) is 5.78 Å². The molecular formula is C8H16FNO. The SMILES string of the molecule is CC(=O)CNC(C)(F)C(C)C. The van der Waals surface area contributed by atoms with Crippen LogP contribution in [-0.2, 0) is 4.79 Å². The molecule has 0 bridgehead atoms. The van der Waals surface area contributed by atoms with Crippen molar-refractivity contribution in [1.82, 2.24) is 5.32 Å². The number of Topliss-reactive ketones (excluding diaryl/α,β-unsaturated/α-hetero) is 1. The van der Waals surface area contributed by atoms with Gasteiger partial charge in [-0.2, -0.15) is 0 Å². The lowest BCUT2D eigenvalue weighted by Crippen LogP contribution is -2.44. The minimum absolute atomic E-state index is 0.0467. The molecule has 0 heterocycles. The van der Waals surface area contributed by atoms with Crippen molar-refractivity contribution >= 4 is 5.78 Å². The van der Waals surface area contributed by atoms with E-state index in [4.69, 9.17) is 0 Å². The van der Waals surface area contributed by atoms with Crippen molar-refractivity contribution in [3.63, 3.8) is 0 Å². The molecule has 0 aliphatic heterocycles. The first-order valence-corrected chi connectivity index (χ1v) is 3.79. The van der Waals surface area contributed by atoms with Gasteiger partial charge < -0.3 is 0 Å². The Morgan fingerprint density at radius 2 is 2.09 bits per heavy atom. The van der Waals surface area contributed by atoms with Crippen molar-refractivity contribution < 1.29 is 9.18 Å². The molecule has 3 heteroatoms. The summed E-state index contributed by atoms with van der Waals surface area (Å²) in [6.07, 6.45) is 0. The summed E-state index contributed by atoms with van der Waals surface area (Å²) in [5.74, 6) is -1.61. The second kappa shape index (κ2) is 3.81. The van der Waals surface area contributed by atoms with Crippen molar-refractivity contribution in [2.75, 3.05) is 6.54 Å². The highest BCUT2D eigenvalue weighted by Gasteiger charge is 2.26. The highest BCUT2D eigenvalue weighted by atomic mass is 19.1. The standard InChI is InChI=1S/C8H16FNO/c1-6(2)8(4,9)10-5-7(3)11/h6,10H,5H2,1-4H3. The molecule has 1 unspecified atom stereocenters. The number of halogens is 1. The third kappa shape index (κ3) is 4.09. The van der Waals surface area contributed by atoms with E-state index >= 15 is 0 Å². The molecule has 0 aromatic heterocycles. The summed E-state index contributed by atoms with van der Waals surface area (Å²) in [5, 5.41) is 2.54. The van der Waals surface area contributed by atoms with E-state index in [2.05, 4.69) is 5.32 Å². The Hall–Kier alpha value is -0.440. The molecule has 66 valence electrons. The number of alkyl halides is 1. The highest BCUT2D eigenvalue weighted by molar-refractivity contribution is 5.77. The predicted octanol–water partition coefficient (Wildman–Crippen LogP) is 1.51. The van der Waals surface area contributed by atoms with Gasteiger partial charge in [0.15, 0.2) is 5.79 Å². The molecule has 0 radical (unpaired) electrons. The Morgan fingerprint density at radius 1 is 1.64 bits per heavy atom. The molecule has 1 atom stereocenters. The zero-order chi connectivity index (χ0) is 9.07. The number of hydrogen-bond donors (Lipinski definition) is 1. The zero-order valence-electron chi connectivity index (χ0n) is 7.57. The molecule has 0 fully saturated rings. The largest absolute Gasteiger partial charge is 0.299 e. The average Bonchev–Trinajstić information content (AvgIpc) is 1.84. The Kier molecular flexibility index (Phi) is 3.66. The molecule has 0 rings (SSSR count). The normalized spacial score (nSPS) is 16.5. The molecule has 0 spiro atoms. The first kappa shape index (κ1) is 10.6. The van der Waals surface area contributed by atoms with Gasteiger partial charge in [-0.1, -0.05) is 13.8 Å². The fourth-order valence-electron chi connectivity index (χ4n) is 0.501. The van der Waals surface area contributed by atoms with E-state index in [0.29, 0.717) is 0 Å². The van der Waals surface area contributed by atoms with E-state index in [1.54, 1.807) is 13.8 Å². The van der Waals surface area contributed by atoms with Crippen LogP contribution in [0, 0.1) is 5.92 Å². The smallest absolute Gasteiger partial charge is 0.161 e. The van der Waals surface area contributed by atoms with Crippen LogP contribution in [0.1, 0.15) is 27.7 Å². The van der Waals surface area contributed by atoms with Crippen LogP contribution in [0.3, 0.4) is 0 Å². The molecule has 0 amide bonds. The van der Waals surface area contributed by atoms with Gasteiger partial charge >= 0.3 is 0 Å². The van der Waals surface area contributed by atoms with E-state index in [0.717, 1.165) is 0 Å². The van der Waals surface area contributed by atoms with Gasteiger partial charge in [-0.3, -0.25) is 10.1 Å². The Morgan fingerprint density at radius 3 is 2.36 bits per heavy atom. The van der Waals surface area contributed by atoms with Crippen molar-refractivity contribution in [3.8, 4) is 0 Å². The number of carbonyl (C=O) groups excluding carboxylic acids is 1. The number of hydrogen-bond acceptors (Lipinski definition) is 2. The number of carbonyl (C=O) groups is 1. The molecule has 2 nitrogen and oxygen atoms in total. The molecule has 0 aromatic carbocycles. The number of rotatable bonds is 4. The molecule has 0 aliphatic carbocycles. The molecule has 0 aromatic rings. The predicted molar refractivity (Wildman–Crippen MR) is 43.0 cm³/mol. The third-order valence-corrected chi connectivity index (χ3v) is 1.77. The van der Waals surface area contributed by atoms with Crippen LogP contribution in [0.4, 0.5) is 4.39 Å².